The van der Waals surface area contributed by atoms with Crippen molar-refractivity contribution in [2.45, 2.75) is 31.8 Å². The largest absolute Gasteiger partial charge is 0.497 e. The van der Waals surface area contributed by atoms with Crippen molar-refractivity contribution in [2.75, 3.05) is 33.3 Å². The predicted octanol–water partition coefficient (Wildman–Crippen LogP) is 2.74. The van der Waals surface area contributed by atoms with Gasteiger partial charge in [0.25, 0.3) is 5.91 Å². The van der Waals surface area contributed by atoms with Crippen LogP contribution in [-0.4, -0.2) is 62.4 Å². The number of hydrogen-bond acceptors (Lipinski definition) is 7. The van der Waals surface area contributed by atoms with Crippen LogP contribution < -0.4 is 9.46 Å². The first-order valence-electron chi connectivity index (χ1n) is 11.4. The van der Waals surface area contributed by atoms with Crippen LogP contribution in [0.5, 0.6) is 5.75 Å². The first-order valence-corrected chi connectivity index (χ1v) is 12.9. The van der Waals surface area contributed by atoms with Crippen LogP contribution >= 0.6 is 0 Å². The van der Waals surface area contributed by atoms with Crippen molar-refractivity contribution in [2.24, 2.45) is 0 Å². The predicted molar refractivity (Wildman–Crippen MR) is 131 cm³/mol. The minimum absolute atomic E-state index is 0.0561. The van der Waals surface area contributed by atoms with Crippen LogP contribution in [0.4, 0.5) is 0 Å². The summed E-state index contributed by atoms with van der Waals surface area (Å²) in [5.74, 6) is 0.854. The molecule has 0 radical (unpaired) electrons. The van der Waals surface area contributed by atoms with Crippen LogP contribution in [-0.2, 0) is 23.1 Å². The third-order valence-corrected chi connectivity index (χ3v) is 7.77. The molecule has 0 spiro atoms. The molecule has 1 fully saturated rings. The monoisotopic (exact) mass is 498 g/mol. The number of carbonyl (C=O) groups excluding carboxylic acids is 1. The number of pyridine rings is 1. The van der Waals surface area contributed by atoms with E-state index in [1.165, 1.54) is 6.26 Å². The second-order valence-electron chi connectivity index (χ2n) is 8.65. The van der Waals surface area contributed by atoms with E-state index < -0.39 is 10.0 Å². The molecule has 2 aromatic heterocycles. The quantitative estimate of drug-likeness (QED) is 0.509. The second-order valence-corrected chi connectivity index (χ2v) is 10.3. The van der Waals surface area contributed by atoms with Gasteiger partial charge in [0.05, 0.1) is 24.1 Å². The van der Waals surface area contributed by atoms with E-state index in [1.54, 1.807) is 50.3 Å². The van der Waals surface area contributed by atoms with Crippen LogP contribution in [0.3, 0.4) is 0 Å². The van der Waals surface area contributed by atoms with Crippen molar-refractivity contribution in [3.8, 4) is 5.75 Å². The molecule has 1 N–H and O–H groups in total. The lowest BCUT2D eigenvalue weighted by atomic mass is 10.1. The van der Waals surface area contributed by atoms with Crippen LogP contribution in [0.25, 0.3) is 0 Å². The Morgan fingerprint density at radius 3 is 2.49 bits per heavy atom. The van der Waals surface area contributed by atoms with Crippen LogP contribution in [0.2, 0.25) is 0 Å². The van der Waals surface area contributed by atoms with E-state index in [-0.39, 0.29) is 17.3 Å². The SMILES string of the molecule is COc1cc(C)c(S(=O)(=O)NCc2cc(C(=O)N3CCN(Cc4cccnc4)CC3)co2)c(C)c1. The molecule has 3 aromatic rings. The molecule has 0 saturated carbocycles. The highest BCUT2D eigenvalue weighted by Crippen LogP contribution is 2.26. The Bertz CT molecular complexity index is 1260. The Balaban J connectivity index is 1.33. The van der Waals surface area contributed by atoms with Gasteiger partial charge in [0.1, 0.15) is 17.8 Å². The lowest BCUT2D eigenvalue weighted by Gasteiger charge is -2.34. The van der Waals surface area contributed by atoms with Crippen molar-refractivity contribution in [3.63, 3.8) is 0 Å². The van der Waals surface area contributed by atoms with Crippen LogP contribution in [0, 0.1) is 13.8 Å². The molecule has 10 heteroatoms. The number of amides is 1. The summed E-state index contributed by atoms with van der Waals surface area (Å²) in [6.45, 7) is 6.97. The van der Waals surface area contributed by atoms with Crippen molar-refractivity contribution >= 4 is 15.9 Å². The lowest BCUT2D eigenvalue weighted by molar-refractivity contribution is 0.0627. The number of furan rings is 1. The molecule has 1 aliphatic rings. The number of nitrogens with zero attached hydrogens (tertiary/aromatic N) is 3. The molecular weight excluding hydrogens is 468 g/mol. The topological polar surface area (TPSA) is 105 Å². The zero-order valence-corrected chi connectivity index (χ0v) is 21.0. The Labute approximate surface area is 205 Å². The Morgan fingerprint density at radius 2 is 1.86 bits per heavy atom. The zero-order valence-electron chi connectivity index (χ0n) is 20.2. The van der Waals surface area contributed by atoms with Gasteiger partial charge in [0.15, 0.2) is 0 Å². The van der Waals surface area contributed by atoms with Crippen molar-refractivity contribution in [1.82, 2.24) is 19.5 Å². The number of aromatic nitrogens is 1. The molecule has 0 aliphatic carbocycles. The molecule has 1 aliphatic heterocycles. The van der Waals surface area contributed by atoms with E-state index in [4.69, 9.17) is 9.15 Å². The third-order valence-electron chi connectivity index (χ3n) is 6.06. The number of carbonyl (C=O) groups is 1. The first-order chi connectivity index (χ1) is 16.8. The summed E-state index contributed by atoms with van der Waals surface area (Å²) >= 11 is 0. The van der Waals surface area contributed by atoms with E-state index in [0.717, 1.165) is 25.2 Å². The molecule has 9 nitrogen and oxygen atoms in total. The second kappa shape index (κ2) is 10.6. The van der Waals surface area contributed by atoms with Gasteiger partial charge in [0, 0.05) is 45.1 Å². The number of piperazine rings is 1. The van der Waals surface area contributed by atoms with Gasteiger partial charge in [-0.2, -0.15) is 0 Å². The third kappa shape index (κ3) is 5.90. The molecule has 1 saturated heterocycles. The van der Waals surface area contributed by atoms with E-state index in [9.17, 15) is 13.2 Å². The summed E-state index contributed by atoms with van der Waals surface area (Å²) in [7, 11) is -2.24. The standard InChI is InChI=1S/C25H30N4O5S/c1-18-11-22(33-3)12-19(2)24(18)35(31,32)27-15-23-13-21(17-34-23)25(30)29-9-7-28(8-10-29)16-20-5-4-6-26-14-20/h4-6,11-14,17,27H,7-10,15-16H2,1-3H3. The number of rotatable bonds is 8. The number of sulfonamides is 1. The summed E-state index contributed by atoms with van der Waals surface area (Å²) in [6.07, 6.45) is 5.00. The van der Waals surface area contributed by atoms with Gasteiger partial charge in [-0.15, -0.1) is 0 Å². The molecular formula is C25H30N4O5S. The maximum absolute atomic E-state index is 12.9. The molecule has 0 unspecified atom stereocenters. The fraction of sp³-hybridized carbons (Fsp3) is 0.360. The summed E-state index contributed by atoms with van der Waals surface area (Å²) in [5, 5.41) is 0. The van der Waals surface area contributed by atoms with Gasteiger partial charge in [0.2, 0.25) is 10.0 Å². The highest BCUT2D eigenvalue weighted by molar-refractivity contribution is 7.89. The molecule has 186 valence electrons. The summed E-state index contributed by atoms with van der Waals surface area (Å²) in [5.41, 5.74) is 2.74. The zero-order chi connectivity index (χ0) is 25.0. The smallest absolute Gasteiger partial charge is 0.257 e. The van der Waals surface area contributed by atoms with E-state index in [1.807, 2.05) is 18.3 Å². The highest BCUT2D eigenvalue weighted by atomic mass is 32.2. The number of methoxy groups -OCH3 is 1. The Hall–Kier alpha value is -3.21. The van der Waals surface area contributed by atoms with Gasteiger partial charge < -0.3 is 14.1 Å². The van der Waals surface area contributed by atoms with Gasteiger partial charge >= 0.3 is 0 Å². The summed E-state index contributed by atoms with van der Waals surface area (Å²) < 4.78 is 39.1. The molecule has 4 rings (SSSR count). The molecule has 0 bridgehead atoms. The highest BCUT2D eigenvalue weighted by Gasteiger charge is 2.25. The number of benzene rings is 1. The maximum atomic E-state index is 12.9. The summed E-state index contributed by atoms with van der Waals surface area (Å²) in [6, 6.07) is 8.93. The van der Waals surface area contributed by atoms with Gasteiger partial charge in [-0.1, -0.05) is 6.07 Å². The van der Waals surface area contributed by atoms with Gasteiger partial charge in [-0.25, -0.2) is 13.1 Å². The Kier molecular flexibility index (Phi) is 7.54. The average Bonchev–Trinajstić information content (AvgIpc) is 3.32. The number of nitrogens with one attached hydrogen (secondary N) is 1. The fourth-order valence-corrected chi connectivity index (χ4v) is 5.76. The number of aryl methyl sites for hydroxylation is 2. The first kappa shape index (κ1) is 24.9. The van der Waals surface area contributed by atoms with Gasteiger partial charge in [-0.05, 0) is 54.8 Å². The van der Waals surface area contributed by atoms with Crippen molar-refractivity contribution in [3.05, 3.63) is 77.0 Å². The molecule has 35 heavy (non-hydrogen) atoms. The molecule has 1 amide bonds. The number of ether oxygens (including phenoxy) is 1. The maximum Gasteiger partial charge on any atom is 0.257 e. The van der Waals surface area contributed by atoms with Crippen molar-refractivity contribution in [1.29, 1.82) is 0 Å². The average molecular weight is 499 g/mol. The van der Waals surface area contributed by atoms with Crippen LogP contribution in [0.1, 0.15) is 32.8 Å². The van der Waals surface area contributed by atoms with Crippen LogP contribution in [0.15, 0.2) is 58.3 Å². The molecule has 0 atom stereocenters. The fourth-order valence-electron chi connectivity index (χ4n) is 4.32. The summed E-state index contributed by atoms with van der Waals surface area (Å²) in [4.78, 5) is 21.4. The van der Waals surface area contributed by atoms with E-state index >= 15 is 0 Å². The lowest BCUT2D eigenvalue weighted by Crippen LogP contribution is -2.48. The molecule has 1 aromatic carbocycles. The minimum atomic E-state index is -3.78. The van der Waals surface area contributed by atoms with E-state index in [2.05, 4.69) is 14.6 Å². The van der Waals surface area contributed by atoms with Crippen molar-refractivity contribution < 1.29 is 22.4 Å². The van der Waals surface area contributed by atoms with Gasteiger partial charge in [-0.3, -0.25) is 14.7 Å². The molecule has 3 heterocycles. The number of hydrogen-bond donors (Lipinski definition) is 1. The minimum Gasteiger partial charge on any atom is -0.497 e. The Morgan fingerprint density at radius 1 is 1.14 bits per heavy atom. The normalized spacial score (nSPS) is 14.8. The van der Waals surface area contributed by atoms with E-state index in [0.29, 0.717) is 41.3 Å².